The number of hydrogen-bond donors (Lipinski definition) is 1. The number of aryl methyl sites for hydroxylation is 2. The molecule has 118 valence electrons. The van der Waals surface area contributed by atoms with Crippen LogP contribution in [0.2, 0.25) is 0 Å². The summed E-state index contributed by atoms with van der Waals surface area (Å²) < 4.78 is 3.70. The molecule has 0 fully saturated rings. The van der Waals surface area contributed by atoms with Crippen LogP contribution in [0.5, 0.6) is 0 Å². The lowest BCUT2D eigenvalue weighted by molar-refractivity contribution is -0.122. The molecular formula is C15H17N7O. The third-order valence-corrected chi connectivity index (χ3v) is 4.21. The number of aromatic nitrogens is 6. The van der Waals surface area contributed by atoms with Crippen molar-refractivity contribution in [2.45, 2.75) is 38.9 Å². The van der Waals surface area contributed by atoms with Gasteiger partial charge < -0.3 is 9.88 Å². The summed E-state index contributed by atoms with van der Waals surface area (Å²) in [5.74, 6) is 1.83. The summed E-state index contributed by atoms with van der Waals surface area (Å²) in [6, 6.07) is 7.71. The minimum Gasteiger partial charge on any atom is -0.350 e. The highest BCUT2D eigenvalue weighted by atomic mass is 16.2. The van der Waals surface area contributed by atoms with E-state index < -0.39 is 0 Å². The van der Waals surface area contributed by atoms with E-state index in [1.54, 1.807) is 4.68 Å². The van der Waals surface area contributed by atoms with Gasteiger partial charge in [0.1, 0.15) is 23.7 Å². The largest absolute Gasteiger partial charge is 0.350 e. The molecule has 0 radical (unpaired) electrons. The zero-order valence-corrected chi connectivity index (χ0v) is 12.8. The Hall–Kier alpha value is -2.77. The predicted octanol–water partition coefficient (Wildman–Crippen LogP) is 0.462. The van der Waals surface area contributed by atoms with E-state index in [2.05, 4.69) is 30.4 Å². The highest BCUT2D eigenvalue weighted by Gasteiger charge is 2.23. The lowest BCUT2D eigenvalue weighted by atomic mass is 10.1. The molecule has 3 aromatic rings. The zero-order valence-electron chi connectivity index (χ0n) is 12.8. The molecule has 1 amide bonds. The van der Waals surface area contributed by atoms with Gasteiger partial charge in [0.25, 0.3) is 0 Å². The number of carbonyl (C=O) groups excluding carboxylic acids is 1. The number of fused-ring (bicyclic) bond motifs is 2. The van der Waals surface area contributed by atoms with Crippen LogP contribution in [0.4, 0.5) is 0 Å². The first-order chi connectivity index (χ1) is 11.2. The van der Waals surface area contributed by atoms with E-state index in [0.29, 0.717) is 0 Å². The van der Waals surface area contributed by atoms with Crippen molar-refractivity contribution in [3.63, 3.8) is 0 Å². The molecule has 1 aliphatic rings. The van der Waals surface area contributed by atoms with E-state index in [0.717, 1.165) is 42.1 Å². The maximum Gasteiger partial charge on any atom is 0.242 e. The first-order valence-corrected chi connectivity index (χ1v) is 7.67. The summed E-state index contributed by atoms with van der Waals surface area (Å²) in [5, 5.41) is 19.4. The Kier molecular flexibility index (Phi) is 3.29. The van der Waals surface area contributed by atoms with Crippen molar-refractivity contribution >= 4 is 16.9 Å². The van der Waals surface area contributed by atoms with Gasteiger partial charge in [0.05, 0.1) is 5.52 Å². The molecule has 1 atom stereocenters. The third-order valence-electron chi connectivity index (χ3n) is 4.21. The van der Waals surface area contributed by atoms with E-state index in [4.69, 9.17) is 0 Å². The minimum absolute atomic E-state index is 0.0557. The second kappa shape index (κ2) is 5.45. The summed E-state index contributed by atoms with van der Waals surface area (Å²) in [7, 11) is 0. The molecule has 1 N–H and O–H groups in total. The average molecular weight is 311 g/mol. The molecule has 8 nitrogen and oxygen atoms in total. The summed E-state index contributed by atoms with van der Waals surface area (Å²) >= 11 is 0. The fourth-order valence-corrected chi connectivity index (χ4v) is 3.02. The Morgan fingerprint density at radius 3 is 3.09 bits per heavy atom. The lowest BCUT2D eigenvalue weighted by Gasteiger charge is -2.24. The molecule has 8 heteroatoms. The SMILES string of the molecule is Cc1nnc2n1CC(NC(=O)Cn1nnc3ccccc31)CC2. The van der Waals surface area contributed by atoms with Crippen LogP contribution < -0.4 is 5.32 Å². The van der Waals surface area contributed by atoms with Crippen LogP contribution in [0.15, 0.2) is 24.3 Å². The summed E-state index contributed by atoms with van der Waals surface area (Å²) in [5.41, 5.74) is 1.66. The first kappa shape index (κ1) is 13.9. The van der Waals surface area contributed by atoms with E-state index in [1.807, 2.05) is 31.2 Å². The van der Waals surface area contributed by atoms with Gasteiger partial charge in [0.2, 0.25) is 5.91 Å². The minimum atomic E-state index is -0.0557. The fraction of sp³-hybridized carbons (Fsp3) is 0.400. The van der Waals surface area contributed by atoms with Crippen LogP contribution in [0.3, 0.4) is 0 Å². The van der Waals surface area contributed by atoms with Crippen molar-refractivity contribution in [1.29, 1.82) is 0 Å². The molecule has 1 aliphatic heterocycles. The number of amides is 1. The van der Waals surface area contributed by atoms with Crippen molar-refractivity contribution in [2.75, 3.05) is 0 Å². The number of nitrogens with zero attached hydrogens (tertiary/aromatic N) is 6. The first-order valence-electron chi connectivity index (χ1n) is 7.67. The van der Waals surface area contributed by atoms with Gasteiger partial charge in [-0.05, 0) is 25.5 Å². The number of hydrogen-bond acceptors (Lipinski definition) is 5. The van der Waals surface area contributed by atoms with Crippen LogP contribution in [0, 0.1) is 6.92 Å². The normalized spacial score (nSPS) is 17.2. The molecule has 23 heavy (non-hydrogen) atoms. The van der Waals surface area contributed by atoms with Crippen molar-refractivity contribution in [3.8, 4) is 0 Å². The van der Waals surface area contributed by atoms with E-state index in [9.17, 15) is 4.79 Å². The Labute approximate surface area is 132 Å². The predicted molar refractivity (Wildman–Crippen MR) is 82.5 cm³/mol. The Balaban J connectivity index is 1.44. The average Bonchev–Trinajstić information content (AvgIpc) is 3.12. The quantitative estimate of drug-likeness (QED) is 0.759. The van der Waals surface area contributed by atoms with Gasteiger partial charge in [0, 0.05) is 19.0 Å². The van der Waals surface area contributed by atoms with Crippen molar-refractivity contribution in [3.05, 3.63) is 35.9 Å². The van der Waals surface area contributed by atoms with E-state index >= 15 is 0 Å². The molecule has 0 saturated heterocycles. The number of para-hydroxylation sites is 1. The molecule has 2 aromatic heterocycles. The molecule has 4 rings (SSSR count). The lowest BCUT2D eigenvalue weighted by Crippen LogP contribution is -2.42. The summed E-state index contributed by atoms with van der Waals surface area (Å²) in [4.78, 5) is 12.3. The number of carbonyl (C=O) groups is 1. The monoisotopic (exact) mass is 311 g/mol. The smallest absolute Gasteiger partial charge is 0.242 e. The standard InChI is InChI=1S/C15H17N7O/c1-10-17-19-14-7-6-11(8-21(10)14)16-15(23)9-22-13-5-3-2-4-12(13)18-20-22/h2-5,11H,6-9H2,1H3,(H,16,23). The van der Waals surface area contributed by atoms with E-state index in [1.165, 1.54) is 0 Å². The number of nitrogens with one attached hydrogen (secondary N) is 1. The maximum atomic E-state index is 12.3. The van der Waals surface area contributed by atoms with Crippen LogP contribution in [0.25, 0.3) is 11.0 Å². The number of rotatable bonds is 3. The van der Waals surface area contributed by atoms with Crippen molar-refractivity contribution in [2.24, 2.45) is 0 Å². The van der Waals surface area contributed by atoms with E-state index in [-0.39, 0.29) is 18.5 Å². The maximum absolute atomic E-state index is 12.3. The van der Waals surface area contributed by atoms with Crippen LogP contribution in [0.1, 0.15) is 18.1 Å². The fourth-order valence-electron chi connectivity index (χ4n) is 3.02. The van der Waals surface area contributed by atoms with Gasteiger partial charge in [-0.1, -0.05) is 17.3 Å². The topological polar surface area (TPSA) is 90.5 Å². The van der Waals surface area contributed by atoms with Crippen molar-refractivity contribution < 1.29 is 4.79 Å². The van der Waals surface area contributed by atoms with Crippen LogP contribution >= 0.6 is 0 Å². The van der Waals surface area contributed by atoms with Crippen LogP contribution in [-0.2, 0) is 24.3 Å². The van der Waals surface area contributed by atoms with Gasteiger partial charge in [0.15, 0.2) is 0 Å². The Morgan fingerprint density at radius 1 is 1.30 bits per heavy atom. The molecule has 0 spiro atoms. The highest BCUT2D eigenvalue weighted by molar-refractivity contribution is 5.79. The molecule has 0 bridgehead atoms. The second-order valence-corrected chi connectivity index (χ2v) is 5.81. The van der Waals surface area contributed by atoms with Gasteiger partial charge in [-0.25, -0.2) is 4.68 Å². The Morgan fingerprint density at radius 2 is 2.17 bits per heavy atom. The zero-order chi connectivity index (χ0) is 15.8. The third kappa shape index (κ3) is 2.56. The van der Waals surface area contributed by atoms with Gasteiger partial charge in [-0.2, -0.15) is 0 Å². The molecule has 1 aromatic carbocycles. The highest BCUT2D eigenvalue weighted by Crippen LogP contribution is 2.15. The summed E-state index contributed by atoms with van der Waals surface area (Å²) in [6.45, 7) is 2.82. The Bertz CT molecular complexity index is 866. The molecule has 1 unspecified atom stereocenters. The van der Waals surface area contributed by atoms with Crippen molar-refractivity contribution in [1.82, 2.24) is 35.1 Å². The van der Waals surface area contributed by atoms with Gasteiger partial charge in [-0.15, -0.1) is 15.3 Å². The molecular weight excluding hydrogens is 294 g/mol. The second-order valence-electron chi connectivity index (χ2n) is 5.81. The van der Waals surface area contributed by atoms with Gasteiger partial charge >= 0.3 is 0 Å². The van der Waals surface area contributed by atoms with Crippen LogP contribution in [-0.4, -0.2) is 41.7 Å². The summed E-state index contributed by atoms with van der Waals surface area (Å²) in [6.07, 6.45) is 1.71. The molecule has 0 aliphatic carbocycles. The molecule has 0 saturated carbocycles. The number of benzene rings is 1. The van der Waals surface area contributed by atoms with Gasteiger partial charge in [-0.3, -0.25) is 4.79 Å². The molecule has 3 heterocycles.